The summed E-state index contributed by atoms with van der Waals surface area (Å²) in [7, 11) is 0. The lowest BCUT2D eigenvalue weighted by atomic mass is 9.99. The average Bonchev–Trinajstić information content (AvgIpc) is 2.75. The van der Waals surface area contributed by atoms with Crippen molar-refractivity contribution in [3.63, 3.8) is 0 Å². The third kappa shape index (κ3) is 3.61. The average molecular weight is 448 g/mol. The van der Waals surface area contributed by atoms with Crippen LogP contribution in [0, 0.1) is 0 Å². The van der Waals surface area contributed by atoms with Crippen LogP contribution in [0.2, 0.25) is 0 Å². The minimum atomic E-state index is -1.83. The SMILES string of the molecule is O=c1c(O[C@@H]2O[C@@H](CO)[C@H](O)[C@H](O)[C@@H]2O)c(-c2ccccc2O)oc2cc(O)cc(O)c12. The predicted octanol–water partition coefficient (Wildman–Crippen LogP) is -0.244. The molecule has 0 spiro atoms. The van der Waals surface area contributed by atoms with Gasteiger partial charge in [-0.3, -0.25) is 4.79 Å². The van der Waals surface area contributed by atoms with Gasteiger partial charge in [-0.1, -0.05) is 12.1 Å². The minimum absolute atomic E-state index is 0.00826. The van der Waals surface area contributed by atoms with E-state index in [-0.39, 0.29) is 33.8 Å². The number of phenols is 3. The van der Waals surface area contributed by atoms with Crippen molar-refractivity contribution in [3.05, 3.63) is 46.6 Å². The van der Waals surface area contributed by atoms with Gasteiger partial charge in [0.15, 0.2) is 5.76 Å². The Morgan fingerprint density at radius 2 is 1.66 bits per heavy atom. The quantitative estimate of drug-likeness (QED) is 0.279. The van der Waals surface area contributed by atoms with Crippen molar-refractivity contribution in [1.82, 2.24) is 0 Å². The Bertz CT molecular complexity index is 1200. The summed E-state index contributed by atoms with van der Waals surface area (Å²) in [6.07, 6.45) is -8.27. The summed E-state index contributed by atoms with van der Waals surface area (Å²) in [5, 5.41) is 69.5. The van der Waals surface area contributed by atoms with E-state index < -0.39 is 54.2 Å². The third-order valence-corrected chi connectivity index (χ3v) is 5.15. The number of hydrogen-bond acceptors (Lipinski definition) is 11. The molecule has 1 fully saturated rings. The van der Waals surface area contributed by atoms with Crippen LogP contribution in [0.5, 0.6) is 23.0 Å². The van der Waals surface area contributed by atoms with Crippen LogP contribution in [0.3, 0.4) is 0 Å². The highest BCUT2D eigenvalue weighted by atomic mass is 16.7. The molecule has 0 unspecified atom stereocenters. The topological polar surface area (TPSA) is 190 Å². The van der Waals surface area contributed by atoms with Gasteiger partial charge in [-0.2, -0.15) is 0 Å². The van der Waals surface area contributed by atoms with Crippen LogP contribution in [0.4, 0.5) is 0 Å². The van der Waals surface area contributed by atoms with Crippen LogP contribution < -0.4 is 10.2 Å². The second-order valence-corrected chi connectivity index (χ2v) is 7.26. The second kappa shape index (κ2) is 8.30. The molecule has 11 heteroatoms. The molecule has 0 amide bonds. The second-order valence-electron chi connectivity index (χ2n) is 7.26. The number of phenolic OH excluding ortho intramolecular Hbond substituents is 3. The first-order valence-electron chi connectivity index (χ1n) is 9.51. The summed E-state index contributed by atoms with van der Waals surface area (Å²) in [5.74, 6) is -2.20. The number of fused-ring (bicyclic) bond motifs is 1. The zero-order valence-corrected chi connectivity index (χ0v) is 16.3. The lowest BCUT2D eigenvalue weighted by molar-refractivity contribution is -0.277. The Morgan fingerprint density at radius 1 is 0.938 bits per heavy atom. The molecule has 1 aromatic heterocycles. The lowest BCUT2D eigenvalue weighted by Crippen LogP contribution is -2.60. The van der Waals surface area contributed by atoms with Crippen molar-refractivity contribution < 1.29 is 49.6 Å². The summed E-state index contributed by atoms with van der Waals surface area (Å²) in [6.45, 7) is -0.719. The Hall–Kier alpha value is -3.35. The zero-order chi connectivity index (χ0) is 23.2. The van der Waals surface area contributed by atoms with Gasteiger partial charge in [0.2, 0.25) is 17.5 Å². The Balaban J connectivity index is 1.91. The van der Waals surface area contributed by atoms with Crippen molar-refractivity contribution in [1.29, 1.82) is 0 Å². The van der Waals surface area contributed by atoms with E-state index in [4.69, 9.17) is 13.9 Å². The van der Waals surface area contributed by atoms with Crippen LogP contribution in [-0.4, -0.2) is 73.1 Å². The first kappa shape index (κ1) is 21.9. The Kier molecular flexibility index (Phi) is 5.67. The van der Waals surface area contributed by atoms with E-state index in [2.05, 4.69) is 0 Å². The normalized spacial score (nSPS) is 25.7. The molecule has 0 aliphatic carbocycles. The highest BCUT2D eigenvalue weighted by Crippen LogP contribution is 2.39. The maximum absolute atomic E-state index is 13.2. The molecule has 4 rings (SSSR count). The van der Waals surface area contributed by atoms with Gasteiger partial charge in [-0.05, 0) is 12.1 Å². The summed E-state index contributed by atoms with van der Waals surface area (Å²) in [4.78, 5) is 13.2. The monoisotopic (exact) mass is 448 g/mol. The molecule has 3 aromatic rings. The molecule has 2 heterocycles. The molecule has 1 aliphatic heterocycles. The molecule has 5 atom stereocenters. The van der Waals surface area contributed by atoms with Gasteiger partial charge in [-0.15, -0.1) is 0 Å². The van der Waals surface area contributed by atoms with Gasteiger partial charge in [0.1, 0.15) is 52.6 Å². The van der Waals surface area contributed by atoms with Crippen molar-refractivity contribution in [2.75, 3.05) is 6.61 Å². The van der Waals surface area contributed by atoms with Crippen LogP contribution in [-0.2, 0) is 4.74 Å². The number of ether oxygens (including phenoxy) is 2. The summed E-state index contributed by atoms with van der Waals surface area (Å²) >= 11 is 0. The fourth-order valence-electron chi connectivity index (χ4n) is 3.50. The van der Waals surface area contributed by atoms with Gasteiger partial charge >= 0.3 is 0 Å². The zero-order valence-electron chi connectivity index (χ0n) is 16.3. The number of rotatable bonds is 4. The molecule has 0 bridgehead atoms. The smallest absolute Gasteiger partial charge is 0.239 e. The van der Waals surface area contributed by atoms with Crippen molar-refractivity contribution in [2.45, 2.75) is 30.7 Å². The maximum atomic E-state index is 13.2. The van der Waals surface area contributed by atoms with E-state index in [0.29, 0.717) is 0 Å². The highest BCUT2D eigenvalue weighted by Gasteiger charge is 2.45. The Morgan fingerprint density at radius 3 is 2.34 bits per heavy atom. The van der Waals surface area contributed by atoms with Crippen LogP contribution >= 0.6 is 0 Å². The molecule has 11 nitrogen and oxygen atoms in total. The van der Waals surface area contributed by atoms with Crippen LogP contribution in [0.15, 0.2) is 45.6 Å². The first-order valence-corrected chi connectivity index (χ1v) is 9.51. The standard InChI is InChI=1S/C21H20O11/c22-7-13-15(26)17(28)18(29)21(31-13)32-20-16(27)14-11(25)5-8(23)6-12(14)30-19(20)9-3-1-2-4-10(9)24/h1-6,13,15,17-18,21-26,28-29H,7H2/t13-,15-,17-,18-,21-/m0/s1. The van der Waals surface area contributed by atoms with E-state index in [1.165, 1.54) is 24.3 Å². The molecular weight excluding hydrogens is 428 g/mol. The van der Waals surface area contributed by atoms with Gasteiger partial charge in [0.05, 0.1) is 12.2 Å². The van der Waals surface area contributed by atoms with Crippen molar-refractivity contribution >= 4 is 11.0 Å². The summed E-state index contributed by atoms with van der Waals surface area (Å²) in [5.41, 5.74) is -1.14. The number of aromatic hydroxyl groups is 3. The van der Waals surface area contributed by atoms with E-state index >= 15 is 0 Å². The van der Waals surface area contributed by atoms with Crippen molar-refractivity contribution in [3.8, 4) is 34.3 Å². The number of para-hydroxylation sites is 1. The number of benzene rings is 2. The highest BCUT2D eigenvalue weighted by molar-refractivity contribution is 5.88. The largest absolute Gasteiger partial charge is 0.508 e. The molecule has 7 N–H and O–H groups in total. The fourth-order valence-corrected chi connectivity index (χ4v) is 3.50. The van der Waals surface area contributed by atoms with Crippen LogP contribution in [0.25, 0.3) is 22.3 Å². The number of hydrogen-bond donors (Lipinski definition) is 7. The van der Waals surface area contributed by atoms with Gasteiger partial charge < -0.3 is 49.6 Å². The molecule has 1 aliphatic rings. The number of aliphatic hydroxyl groups excluding tert-OH is 4. The molecular formula is C21H20O11. The molecule has 170 valence electrons. The summed E-state index contributed by atoms with van der Waals surface area (Å²) < 4.78 is 16.5. The van der Waals surface area contributed by atoms with E-state index in [1.807, 2.05) is 0 Å². The van der Waals surface area contributed by atoms with E-state index in [1.54, 1.807) is 0 Å². The summed E-state index contributed by atoms with van der Waals surface area (Å²) in [6, 6.07) is 7.78. The van der Waals surface area contributed by atoms with Gasteiger partial charge in [-0.25, -0.2) is 0 Å². The molecule has 32 heavy (non-hydrogen) atoms. The van der Waals surface area contributed by atoms with E-state index in [9.17, 15) is 40.5 Å². The first-order chi connectivity index (χ1) is 15.2. The maximum Gasteiger partial charge on any atom is 0.239 e. The van der Waals surface area contributed by atoms with Crippen LogP contribution in [0.1, 0.15) is 0 Å². The fraction of sp³-hybridized carbons (Fsp3) is 0.286. The molecule has 0 saturated carbocycles. The molecule has 2 aromatic carbocycles. The third-order valence-electron chi connectivity index (χ3n) is 5.15. The molecule has 1 saturated heterocycles. The van der Waals surface area contributed by atoms with Gasteiger partial charge in [0, 0.05) is 12.1 Å². The number of aliphatic hydroxyl groups is 4. The lowest BCUT2D eigenvalue weighted by Gasteiger charge is -2.39. The van der Waals surface area contributed by atoms with Gasteiger partial charge in [0.25, 0.3) is 0 Å². The molecule has 0 radical (unpaired) electrons. The predicted molar refractivity (Wildman–Crippen MR) is 107 cm³/mol. The van der Waals surface area contributed by atoms with E-state index in [0.717, 1.165) is 12.1 Å². The van der Waals surface area contributed by atoms with Crippen molar-refractivity contribution in [2.24, 2.45) is 0 Å². The minimum Gasteiger partial charge on any atom is -0.508 e. The Labute approximate surface area is 179 Å².